The highest BCUT2D eigenvalue weighted by molar-refractivity contribution is 7.92. The summed E-state index contributed by atoms with van der Waals surface area (Å²) in [4.78, 5) is 36.8. The van der Waals surface area contributed by atoms with E-state index >= 15 is 0 Å². The van der Waals surface area contributed by atoms with E-state index in [1.807, 2.05) is 0 Å². The Bertz CT molecular complexity index is 1110. The molecule has 0 spiro atoms. The smallest absolute Gasteiger partial charge is 0.312 e. The molecular formula is C17H15N4O5S. The lowest BCUT2D eigenvalue weighted by Crippen LogP contribution is -2.55. The Morgan fingerprint density at radius 3 is 2.30 bits per heavy atom. The number of fused-ring (bicyclic) bond motifs is 1. The molecule has 3 heterocycles. The Morgan fingerprint density at radius 1 is 1.04 bits per heavy atom. The summed E-state index contributed by atoms with van der Waals surface area (Å²) in [6.45, 7) is 0.00497. The summed E-state index contributed by atoms with van der Waals surface area (Å²) >= 11 is 0. The Morgan fingerprint density at radius 2 is 1.70 bits per heavy atom. The molecule has 4 rings (SSSR count). The third kappa shape index (κ3) is 2.26. The minimum Gasteiger partial charge on any atom is -0.368 e. The molecule has 2 aromatic rings. The van der Waals surface area contributed by atoms with Crippen LogP contribution in [0.4, 0.5) is 5.69 Å². The van der Waals surface area contributed by atoms with E-state index in [9.17, 15) is 22.8 Å². The van der Waals surface area contributed by atoms with Gasteiger partial charge in [-0.2, -0.15) is 17.0 Å². The zero-order valence-electron chi connectivity index (χ0n) is 14.0. The summed E-state index contributed by atoms with van der Waals surface area (Å²) in [6.07, 6.45) is 3.17. The molecule has 0 bridgehead atoms. The highest BCUT2D eigenvalue weighted by Gasteiger charge is 2.67. The molecule has 27 heavy (non-hydrogen) atoms. The second-order valence-electron chi connectivity index (χ2n) is 6.20. The number of pyridine rings is 1. The average molecular weight is 387 g/mol. The summed E-state index contributed by atoms with van der Waals surface area (Å²) < 4.78 is 28.5. The van der Waals surface area contributed by atoms with Crippen molar-refractivity contribution in [1.29, 1.82) is 0 Å². The van der Waals surface area contributed by atoms with Crippen LogP contribution in [0.1, 0.15) is 6.42 Å². The number of primary amides is 1. The number of rotatable bonds is 3. The van der Waals surface area contributed by atoms with Crippen molar-refractivity contribution in [2.24, 2.45) is 5.73 Å². The number of carbonyl (C=O) groups is 2. The first-order valence-electron chi connectivity index (χ1n) is 8.10. The molecule has 0 saturated carbocycles. The second kappa shape index (κ2) is 5.76. The minimum atomic E-state index is -4.24. The van der Waals surface area contributed by atoms with Crippen molar-refractivity contribution < 1.29 is 18.0 Å². The molecule has 139 valence electrons. The number of hydrogen-bond donors (Lipinski definition) is 1. The Labute approximate surface area is 154 Å². The van der Waals surface area contributed by atoms with Gasteiger partial charge in [-0.1, -0.05) is 6.07 Å². The van der Waals surface area contributed by atoms with Crippen LogP contribution >= 0.6 is 0 Å². The quantitative estimate of drug-likeness (QED) is 0.716. The molecule has 1 aromatic carbocycles. The van der Waals surface area contributed by atoms with E-state index in [2.05, 4.69) is 0 Å². The second-order valence-corrected chi connectivity index (χ2v) is 7.90. The molecule has 1 radical (unpaired) electrons. The normalized spacial score (nSPS) is 24.1. The van der Waals surface area contributed by atoms with E-state index in [1.54, 1.807) is 18.3 Å². The molecule has 2 amide bonds. The van der Waals surface area contributed by atoms with E-state index < -0.39 is 27.6 Å². The van der Waals surface area contributed by atoms with Crippen LogP contribution in [0.3, 0.4) is 0 Å². The molecule has 9 nitrogen and oxygen atoms in total. The Hall–Kier alpha value is -2.98. The lowest BCUT2D eigenvalue weighted by Gasteiger charge is -2.21. The van der Waals surface area contributed by atoms with Gasteiger partial charge in [0.15, 0.2) is 5.54 Å². The van der Waals surface area contributed by atoms with E-state index in [0.29, 0.717) is 9.99 Å². The van der Waals surface area contributed by atoms with Crippen molar-refractivity contribution >= 4 is 27.7 Å². The first-order chi connectivity index (χ1) is 12.8. The molecule has 2 N–H and O–H groups in total. The Kier molecular flexibility index (Phi) is 3.72. The van der Waals surface area contributed by atoms with Gasteiger partial charge < -0.3 is 5.73 Å². The molecular weight excluding hydrogens is 372 g/mol. The maximum Gasteiger partial charge on any atom is 0.312 e. The first kappa shape index (κ1) is 17.4. The summed E-state index contributed by atoms with van der Waals surface area (Å²) in [5.74, 6) is -1.94. The minimum absolute atomic E-state index is 0.00497. The number of carbonyl (C=O) groups excluding carboxylic acids is 2. The lowest BCUT2D eigenvalue weighted by atomic mass is 9.95. The van der Waals surface area contributed by atoms with E-state index in [1.165, 1.54) is 41.3 Å². The van der Waals surface area contributed by atoms with Crippen LogP contribution in [0.2, 0.25) is 0 Å². The number of nitrogens with zero attached hydrogens (tertiary/aromatic N) is 3. The molecule has 2 aliphatic heterocycles. The van der Waals surface area contributed by atoms with Crippen LogP contribution in [0, 0.1) is 6.42 Å². The summed E-state index contributed by atoms with van der Waals surface area (Å²) in [7, 11) is -4.24. The molecule has 10 heteroatoms. The van der Waals surface area contributed by atoms with Gasteiger partial charge in [-0.3, -0.25) is 19.0 Å². The summed E-state index contributed by atoms with van der Waals surface area (Å²) in [5.41, 5.74) is 3.72. The van der Waals surface area contributed by atoms with Gasteiger partial charge >= 0.3 is 10.2 Å². The van der Waals surface area contributed by atoms with Gasteiger partial charge in [-0.05, 0) is 36.8 Å². The number of aromatic nitrogens is 1. The van der Waals surface area contributed by atoms with Crippen LogP contribution in [0.15, 0.2) is 53.5 Å². The molecule has 2 saturated heterocycles. The van der Waals surface area contributed by atoms with Crippen LogP contribution in [-0.4, -0.2) is 41.2 Å². The predicted molar refractivity (Wildman–Crippen MR) is 96.0 cm³/mol. The number of nitrogens with two attached hydrogens (primary N) is 1. The fraction of sp³-hybridized carbons (Fsp3) is 0.176. The van der Waals surface area contributed by atoms with Crippen molar-refractivity contribution in [3.8, 4) is 5.69 Å². The molecule has 0 aliphatic carbocycles. The SMILES string of the molecule is NC(=O)[C@]12[CH]CCN1S(=O)(=O)N(c1ccc(-n3ccccc3=O)cc1)C2=O. The largest absolute Gasteiger partial charge is 0.368 e. The fourth-order valence-electron chi connectivity index (χ4n) is 3.49. The molecule has 2 aliphatic rings. The van der Waals surface area contributed by atoms with Gasteiger partial charge in [-0.15, -0.1) is 0 Å². The predicted octanol–water partition coefficient (Wildman–Crippen LogP) is -0.437. The van der Waals surface area contributed by atoms with Crippen LogP contribution in [0.5, 0.6) is 0 Å². The standard InChI is InChI=1S/C17H15N4O5S/c18-15(23)17-9-3-11-20(17)27(25,26)21(16(17)24)13-7-5-12(6-8-13)19-10-2-1-4-14(19)22/h1-2,4-10H,3,11H2,(H2,18,23)/t17-/m0/s1. The monoisotopic (exact) mass is 387 g/mol. The molecule has 1 atom stereocenters. The number of benzene rings is 1. The van der Waals surface area contributed by atoms with Crippen molar-refractivity contribution in [3.63, 3.8) is 0 Å². The van der Waals surface area contributed by atoms with E-state index in [-0.39, 0.29) is 24.2 Å². The zero-order valence-corrected chi connectivity index (χ0v) is 14.8. The molecule has 0 unspecified atom stereocenters. The Balaban J connectivity index is 1.78. The van der Waals surface area contributed by atoms with Crippen LogP contribution in [0.25, 0.3) is 5.69 Å². The first-order valence-corrected chi connectivity index (χ1v) is 9.50. The zero-order chi connectivity index (χ0) is 19.4. The van der Waals surface area contributed by atoms with Crippen LogP contribution in [-0.2, 0) is 19.8 Å². The van der Waals surface area contributed by atoms with Crippen molar-refractivity contribution in [2.45, 2.75) is 12.0 Å². The van der Waals surface area contributed by atoms with Gasteiger partial charge in [0, 0.05) is 30.9 Å². The highest BCUT2D eigenvalue weighted by atomic mass is 32.2. The average Bonchev–Trinajstić information content (AvgIpc) is 3.15. The van der Waals surface area contributed by atoms with Gasteiger partial charge in [0.1, 0.15) is 0 Å². The van der Waals surface area contributed by atoms with Crippen LogP contribution < -0.4 is 15.6 Å². The van der Waals surface area contributed by atoms with E-state index in [0.717, 1.165) is 4.31 Å². The van der Waals surface area contributed by atoms with Gasteiger partial charge in [0.2, 0.25) is 5.91 Å². The van der Waals surface area contributed by atoms with Gasteiger partial charge in [0.25, 0.3) is 11.5 Å². The van der Waals surface area contributed by atoms with Crippen molar-refractivity contribution in [1.82, 2.24) is 8.87 Å². The molecule has 2 fully saturated rings. The molecule has 1 aromatic heterocycles. The number of amides is 2. The van der Waals surface area contributed by atoms with E-state index in [4.69, 9.17) is 5.73 Å². The third-order valence-electron chi connectivity index (χ3n) is 4.75. The van der Waals surface area contributed by atoms with Gasteiger partial charge in [0.05, 0.1) is 5.69 Å². The maximum atomic E-state index is 12.9. The number of anilines is 1. The van der Waals surface area contributed by atoms with Crippen molar-refractivity contribution in [3.05, 3.63) is 65.4 Å². The number of hydrogen-bond acceptors (Lipinski definition) is 5. The summed E-state index contributed by atoms with van der Waals surface area (Å²) in [5, 5.41) is 0. The van der Waals surface area contributed by atoms with Crippen molar-refractivity contribution in [2.75, 3.05) is 10.8 Å². The van der Waals surface area contributed by atoms with Gasteiger partial charge in [-0.25, -0.2) is 0 Å². The highest BCUT2D eigenvalue weighted by Crippen LogP contribution is 2.42. The lowest BCUT2D eigenvalue weighted by molar-refractivity contribution is -0.134. The topological polar surface area (TPSA) is 123 Å². The maximum absolute atomic E-state index is 12.9. The summed E-state index contributed by atoms with van der Waals surface area (Å²) in [6, 6.07) is 10.5. The third-order valence-corrected chi connectivity index (χ3v) is 6.61. The fourth-order valence-corrected chi connectivity index (χ4v) is 5.36.